The van der Waals surface area contributed by atoms with Gasteiger partial charge in [0.05, 0.1) is 0 Å². The quantitative estimate of drug-likeness (QED) is 0.848. The van der Waals surface area contributed by atoms with E-state index < -0.39 is 0 Å². The SMILES string of the molecule is CC(C)(C)C1CN(c2ccc3ccccc3c2)CCCN1. The molecular formula is C19H26N2. The van der Waals surface area contributed by atoms with Gasteiger partial charge < -0.3 is 10.2 Å². The van der Waals surface area contributed by atoms with Crippen LogP contribution in [-0.2, 0) is 0 Å². The Morgan fingerprint density at radius 2 is 1.81 bits per heavy atom. The summed E-state index contributed by atoms with van der Waals surface area (Å²) in [7, 11) is 0. The number of rotatable bonds is 1. The lowest BCUT2D eigenvalue weighted by atomic mass is 9.86. The normalized spacial score (nSPS) is 20.5. The summed E-state index contributed by atoms with van der Waals surface area (Å²) in [5, 5.41) is 6.37. The van der Waals surface area contributed by atoms with Gasteiger partial charge in [-0.25, -0.2) is 0 Å². The van der Waals surface area contributed by atoms with Crippen LogP contribution in [0.4, 0.5) is 5.69 Å². The van der Waals surface area contributed by atoms with Gasteiger partial charge in [0.2, 0.25) is 0 Å². The fourth-order valence-electron chi connectivity index (χ4n) is 3.11. The van der Waals surface area contributed by atoms with Crippen LogP contribution in [0.15, 0.2) is 42.5 Å². The van der Waals surface area contributed by atoms with E-state index in [9.17, 15) is 0 Å². The Hall–Kier alpha value is -1.54. The van der Waals surface area contributed by atoms with E-state index in [2.05, 4.69) is 73.5 Å². The van der Waals surface area contributed by atoms with E-state index in [4.69, 9.17) is 0 Å². The van der Waals surface area contributed by atoms with Gasteiger partial charge in [-0.3, -0.25) is 0 Å². The maximum atomic E-state index is 3.72. The van der Waals surface area contributed by atoms with Crippen LogP contribution in [-0.4, -0.2) is 25.7 Å². The van der Waals surface area contributed by atoms with Gasteiger partial charge in [-0.05, 0) is 41.3 Å². The second-order valence-electron chi connectivity index (χ2n) is 7.20. The first-order chi connectivity index (χ1) is 10.0. The first-order valence-electron chi connectivity index (χ1n) is 8.01. The lowest BCUT2D eigenvalue weighted by Gasteiger charge is -2.34. The zero-order valence-electron chi connectivity index (χ0n) is 13.4. The lowest BCUT2D eigenvalue weighted by Crippen LogP contribution is -2.46. The van der Waals surface area contributed by atoms with Crippen LogP contribution in [0, 0.1) is 5.41 Å². The number of benzene rings is 2. The molecule has 0 bridgehead atoms. The molecule has 3 rings (SSSR count). The zero-order chi connectivity index (χ0) is 14.9. The van der Waals surface area contributed by atoms with Crippen molar-refractivity contribution in [1.82, 2.24) is 5.32 Å². The molecule has 1 aliphatic rings. The molecule has 1 aliphatic heterocycles. The van der Waals surface area contributed by atoms with Crippen molar-refractivity contribution < 1.29 is 0 Å². The van der Waals surface area contributed by atoms with Crippen LogP contribution in [0.2, 0.25) is 0 Å². The predicted molar refractivity (Wildman–Crippen MR) is 92.0 cm³/mol. The highest BCUT2D eigenvalue weighted by Crippen LogP contribution is 2.27. The Bertz CT molecular complexity index is 612. The molecule has 112 valence electrons. The van der Waals surface area contributed by atoms with Crippen LogP contribution in [0.25, 0.3) is 10.8 Å². The Balaban J connectivity index is 1.89. The minimum Gasteiger partial charge on any atom is -0.370 e. The molecule has 1 saturated heterocycles. The summed E-state index contributed by atoms with van der Waals surface area (Å²) in [5.74, 6) is 0. The molecule has 1 fully saturated rings. The number of anilines is 1. The maximum Gasteiger partial charge on any atom is 0.0373 e. The molecule has 21 heavy (non-hydrogen) atoms. The van der Waals surface area contributed by atoms with Crippen molar-refractivity contribution in [3.8, 4) is 0 Å². The van der Waals surface area contributed by atoms with Crippen LogP contribution >= 0.6 is 0 Å². The molecule has 0 aliphatic carbocycles. The molecule has 1 heterocycles. The Labute approximate surface area is 128 Å². The van der Waals surface area contributed by atoms with Gasteiger partial charge in [0, 0.05) is 24.8 Å². The molecule has 2 aromatic carbocycles. The summed E-state index contributed by atoms with van der Waals surface area (Å²) in [6.45, 7) is 10.3. The molecule has 1 N–H and O–H groups in total. The number of hydrogen-bond donors (Lipinski definition) is 1. The zero-order valence-corrected chi connectivity index (χ0v) is 13.4. The Kier molecular flexibility index (Phi) is 3.90. The fourth-order valence-corrected chi connectivity index (χ4v) is 3.11. The van der Waals surface area contributed by atoms with Crippen LogP contribution in [0.3, 0.4) is 0 Å². The second kappa shape index (κ2) is 5.69. The molecule has 2 aromatic rings. The van der Waals surface area contributed by atoms with Gasteiger partial charge in [0.1, 0.15) is 0 Å². The van der Waals surface area contributed by atoms with E-state index in [-0.39, 0.29) is 0 Å². The molecule has 0 radical (unpaired) electrons. The van der Waals surface area contributed by atoms with E-state index in [0.717, 1.165) is 19.6 Å². The molecule has 0 amide bonds. The van der Waals surface area contributed by atoms with E-state index >= 15 is 0 Å². The van der Waals surface area contributed by atoms with Crippen molar-refractivity contribution in [3.63, 3.8) is 0 Å². The van der Waals surface area contributed by atoms with Crippen LogP contribution in [0.1, 0.15) is 27.2 Å². The van der Waals surface area contributed by atoms with Crippen molar-refractivity contribution in [2.75, 3.05) is 24.5 Å². The molecule has 2 nitrogen and oxygen atoms in total. The molecule has 1 atom stereocenters. The molecule has 2 heteroatoms. The molecular weight excluding hydrogens is 256 g/mol. The van der Waals surface area contributed by atoms with Crippen LogP contribution < -0.4 is 10.2 Å². The third kappa shape index (κ3) is 3.21. The van der Waals surface area contributed by atoms with Gasteiger partial charge in [0.15, 0.2) is 0 Å². The molecule has 1 unspecified atom stereocenters. The summed E-state index contributed by atoms with van der Waals surface area (Å²) < 4.78 is 0. The van der Waals surface area contributed by atoms with Gasteiger partial charge in [-0.15, -0.1) is 0 Å². The second-order valence-corrected chi connectivity index (χ2v) is 7.20. The highest BCUT2D eigenvalue weighted by Gasteiger charge is 2.28. The van der Waals surface area contributed by atoms with E-state index in [1.54, 1.807) is 0 Å². The van der Waals surface area contributed by atoms with Gasteiger partial charge in [-0.1, -0.05) is 51.1 Å². The minimum atomic E-state index is 0.291. The molecule has 0 spiro atoms. The van der Waals surface area contributed by atoms with Gasteiger partial charge in [-0.2, -0.15) is 0 Å². The number of nitrogens with zero attached hydrogens (tertiary/aromatic N) is 1. The van der Waals surface area contributed by atoms with E-state index in [1.165, 1.54) is 22.9 Å². The summed E-state index contributed by atoms with van der Waals surface area (Å²) in [6.07, 6.45) is 1.21. The number of hydrogen-bond acceptors (Lipinski definition) is 2. The topological polar surface area (TPSA) is 15.3 Å². The average Bonchev–Trinajstić information content (AvgIpc) is 2.72. The maximum absolute atomic E-state index is 3.72. The van der Waals surface area contributed by atoms with Crippen molar-refractivity contribution in [2.24, 2.45) is 5.41 Å². The van der Waals surface area contributed by atoms with Crippen molar-refractivity contribution in [2.45, 2.75) is 33.2 Å². The van der Waals surface area contributed by atoms with E-state index in [0.29, 0.717) is 11.5 Å². The highest BCUT2D eigenvalue weighted by molar-refractivity contribution is 5.85. The summed E-state index contributed by atoms with van der Waals surface area (Å²) in [4.78, 5) is 2.54. The largest absolute Gasteiger partial charge is 0.370 e. The predicted octanol–water partition coefficient (Wildman–Crippen LogP) is 4.05. The highest BCUT2D eigenvalue weighted by atomic mass is 15.2. The van der Waals surface area contributed by atoms with Gasteiger partial charge >= 0.3 is 0 Å². The minimum absolute atomic E-state index is 0.291. The standard InChI is InChI=1S/C19H26N2/c1-19(2,3)18-14-21(12-6-11-20-18)17-10-9-15-7-4-5-8-16(15)13-17/h4-5,7-10,13,18,20H,6,11-12,14H2,1-3H3. The summed E-state index contributed by atoms with van der Waals surface area (Å²) >= 11 is 0. The van der Waals surface area contributed by atoms with E-state index in [1.807, 2.05) is 0 Å². The monoisotopic (exact) mass is 282 g/mol. The smallest absolute Gasteiger partial charge is 0.0373 e. The lowest BCUT2D eigenvalue weighted by molar-refractivity contribution is 0.280. The summed E-state index contributed by atoms with van der Waals surface area (Å²) in [6, 6.07) is 16.0. The van der Waals surface area contributed by atoms with Crippen LogP contribution in [0.5, 0.6) is 0 Å². The number of nitrogens with one attached hydrogen (secondary N) is 1. The van der Waals surface area contributed by atoms with Gasteiger partial charge in [0.25, 0.3) is 0 Å². The average molecular weight is 282 g/mol. The first kappa shape index (κ1) is 14.4. The summed E-state index contributed by atoms with van der Waals surface area (Å²) in [5.41, 5.74) is 1.64. The molecule has 0 aromatic heterocycles. The fraction of sp³-hybridized carbons (Fsp3) is 0.474. The third-order valence-electron chi connectivity index (χ3n) is 4.54. The van der Waals surface area contributed by atoms with Crippen molar-refractivity contribution >= 4 is 16.5 Å². The van der Waals surface area contributed by atoms with Crippen molar-refractivity contribution in [3.05, 3.63) is 42.5 Å². The first-order valence-corrected chi connectivity index (χ1v) is 8.01. The Morgan fingerprint density at radius 3 is 2.57 bits per heavy atom. The van der Waals surface area contributed by atoms with Crippen molar-refractivity contribution in [1.29, 1.82) is 0 Å². The Morgan fingerprint density at radius 1 is 1.05 bits per heavy atom. The molecule has 0 saturated carbocycles. The third-order valence-corrected chi connectivity index (χ3v) is 4.54. The number of fused-ring (bicyclic) bond motifs is 1.